The van der Waals surface area contributed by atoms with Crippen LogP contribution in [0.2, 0.25) is 0 Å². The van der Waals surface area contributed by atoms with Crippen molar-refractivity contribution in [3.63, 3.8) is 0 Å². The second kappa shape index (κ2) is 9.54. The summed E-state index contributed by atoms with van der Waals surface area (Å²) in [6, 6.07) is 19.9. The fourth-order valence-electron chi connectivity index (χ4n) is 3.45. The van der Waals surface area contributed by atoms with Crippen LogP contribution in [0.25, 0.3) is 17.1 Å². The van der Waals surface area contributed by atoms with Gasteiger partial charge in [0.05, 0.1) is 5.71 Å². The van der Waals surface area contributed by atoms with Crippen molar-refractivity contribution in [2.45, 2.75) is 0 Å². The van der Waals surface area contributed by atoms with Crippen LogP contribution in [0.1, 0.15) is 21.6 Å². The molecule has 5 rings (SSSR count). The lowest BCUT2D eigenvalue weighted by atomic mass is 10.0. The first kappa shape index (κ1) is 22.5. The highest BCUT2D eigenvalue weighted by Crippen LogP contribution is 2.26. The number of aromatic nitrogens is 5. The molecular weight excluding hydrogens is 470 g/mol. The summed E-state index contributed by atoms with van der Waals surface area (Å²) in [4.78, 5) is 13.2. The molecule has 2 heterocycles. The molecule has 36 heavy (non-hydrogen) atoms. The summed E-state index contributed by atoms with van der Waals surface area (Å²) in [5, 5.41) is 19.6. The molecule has 0 saturated carbocycles. The average molecular weight is 486 g/mol. The standard InChI is InChI=1S/C24H16F2N8O2/c25-17-10-6-14(7-11-17)19(15-8-12-18(26)13-9-15)28-30-24(35)20-21(16-4-2-1-3-5-16)34(33-29-20)23-22(27)31-36-32-23/h1-13H,(H2,27,31)(H,30,35). The quantitative estimate of drug-likeness (QED) is 0.277. The lowest BCUT2D eigenvalue weighted by molar-refractivity contribution is 0.0950. The summed E-state index contributed by atoms with van der Waals surface area (Å²) in [5.74, 6) is -1.56. The van der Waals surface area contributed by atoms with Gasteiger partial charge >= 0.3 is 0 Å². The van der Waals surface area contributed by atoms with Gasteiger partial charge in [-0.05, 0) is 58.8 Å². The fraction of sp³-hybridized carbons (Fsp3) is 0. The lowest BCUT2D eigenvalue weighted by Gasteiger charge is -2.09. The number of anilines is 1. The van der Waals surface area contributed by atoms with E-state index in [4.69, 9.17) is 5.73 Å². The maximum absolute atomic E-state index is 13.5. The minimum atomic E-state index is -0.697. The first-order valence-electron chi connectivity index (χ1n) is 10.5. The van der Waals surface area contributed by atoms with E-state index in [1.165, 1.54) is 53.2 Å². The smallest absolute Gasteiger partial charge is 0.294 e. The second-order valence-electron chi connectivity index (χ2n) is 7.45. The molecule has 0 spiro atoms. The first-order chi connectivity index (χ1) is 17.5. The third-order valence-corrected chi connectivity index (χ3v) is 5.13. The lowest BCUT2D eigenvalue weighted by Crippen LogP contribution is -2.22. The van der Waals surface area contributed by atoms with Gasteiger partial charge in [0.2, 0.25) is 11.6 Å². The van der Waals surface area contributed by atoms with E-state index >= 15 is 0 Å². The van der Waals surface area contributed by atoms with Crippen molar-refractivity contribution >= 4 is 17.4 Å². The molecule has 12 heteroatoms. The van der Waals surface area contributed by atoms with Crippen LogP contribution in [0.4, 0.5) is 14.6 Å². The zero-order valence-corrected chi connectivity index (χ0v) is 18.3. The molecule has 0 fully saturated rings. The number of carbonyl (C=O) groups is 1. The molecular formula is C24H16F2N8O2. The van der Waals surface area contributed by atoms with Gasteiger partial charge in [0.25, 0.3) is 5.91 Å². The maximum Gasteiger partial charge on any atom is 0.294 e. The monoisotopic (exact) mass is 486 g/mol. The van der Waals surface area contributed by atoms with Crippen LogP contribution in [0.3, 0.4) is 0 Å². The summed E-state index contributed by atoms with van der Waals surface area (Å²) in [5.41, 5.74) is 10.3. The highest BCUT2D eigenvalue weighted by molar-refractivity contribution is 6.13. The van der Waals surface area contributed by atoms with Crippen LogP contribution < -0.4 is 11.2 Å². The number of nitrogens with one attached hydrogen (secondary N) is 1. The minimum Gasteiger partial charge on any atom is -0.378 e. The Labute approximate surface area is 202 Å². The molecule has 3 aromatic carbocycles. The molecule has 0 aliphatic rings. The molecule has 0 radical (unpaired) electrons. The molecule has 0 aliphatic heterocycles. The van der Waals surface area contributed by atoms with Gasteiger partial charge in [0.1, 0.15) is 17.3 Å². The third-order valence-electron chi connectivity index (χ3n) is 5.13. The zero-order chi connectivity index (χ0) is 25.1. The summed E-state index contributed by atoms with van der Waals surface area (Å²) in [7, 11) is 0. The molecule has 0 saturated heterocycles. The van der Waals surface area contributed by atoms with Gasteiger partial charge in [-0.2, -0.15) is 9.78 Å². The molecule has 2 aromatic heterocycles. The number of amides is 1. The Morgan fingerprint density at radius 2 is 1.50 bits per heavy atom. The van der Waals surface area contributed by atoms with Crippen LogP contribution >= 0.6 is 0 Å². The molecule has 178 valence electrons. The Kier molecular flexibility index (Phi) is 5.97. The average Bonchev–Trinajstić information content (AvgIpc) is 3.52. The predicted octanol–water partition coefficient (Wildman–Crippen LogP) is 3.36. The van der Waals surface area contributed by atoms with E-state index in [-0.39, 0.29) is 28.7 Å². The van der Waals surface area contributed by atoms with Crippen LogP contribution in [0.5, 0.6) is 0 Å². The number of hydrogen-bond acceptors (Lipinski definition) is 8. The number of hydrazone groups is 1. The number of benzene rings is 3. The van der Waals surface area contributed by atoms with Crippen LogP contribution in [-0.2, 0) is 0 Å². The van der Waals surface area contributed by atoms with E-state index in [1.807, 2.05) is 6.07 Å². The molecule has 0 atom stereocenters. The third kappa shape index (κ3) is 4.42. The minimum absolute atomic E-state index is 0.0445. The Morgan fingerprint density at radius 1 is 0.889 bits per heavy atom. The SMILES string of the molecule is Nc1nonc1-n1nnc(C(=O)NN=C(c2ccc(F)cc2)c2ccc(F)cc2)c1-c1ccccc1. The molecule has 3 N–H and O–H groups in total. The van der Waals surface area contributed by atoms with Gasteiger partial charge < -0.3 is 5.73 Å². The topological polar surface area (TPSA) is 137 Å². The number of rotatable bonds is 6. The van der Waals surface area contributed by atoms with E-state index in [2.05, 4.69) is 35.8 Å². The van der Waals surface area contributed by atoms with Gasteiger partial charge in [-0.1, -0.05) is 35.5 Å². The predicted molar refractivity (Wildman–Crippen MR) is 125 cm³/mol. The van der Waals surface area contributed by atoms with Crippen LogP contribution in [-0.4, -0.2) is 36.9 Å². The number of nitrogens with two attached hydrogens (primary N) is 1. The van der Waals surface area contributed by atoms with Crippen molar-refractivity contribution in [3.8, 4) is 17.1 Å². The van der Waals surface area contributed by atoms with Crippen LogP contribution in [0, 0.1) is 11.6 Å². The van der Waals surface area contributed by atoms with Crippen molar-refractivity contribution in [2.24, 2.45) is 5.10 Å². The van der Waals surface area contributed by atoms with E-state index in [0.29, 0.717) is 16.7 Å². The zero-order valence-electron chi connectivity index (χ0n) is 18.3. The van der Waals surface area contributed by atoms with Crippen molar-refractivity contribution < 1.29 is 18.2 Å². The van der Waals surface area contributed by atoms with Crippen molar-refractivity contribution in [3.05, 3.63) is 107 Å². The Bertz CT molecular complexity index is 1500. The van der Waals surface area contributed by atoms with Gasteiger partial charge in [0.15, 0.2) is 5.69 Å². The molecule has 0 bridgehead atoms. The molecule has 0 unspecified atom stereocenters. The summed E-state index contributed by atoms with van der Waals surface area (Å²) >= 11 is 0. The van der Waals surface area contributed by atoms with E-state index < -0.39 is 17.5 Å². The number of hydrogen-bond donors (Lipinski definition) is 2. The largest absolute Gasteiger partial charge is 0.378 e. The van der Waals surface area contributed by atoms with Crippen molar-refractivity contribution in [1.29, 1.82) is 0 Å². The summed E-state index contributed by atoms with van der Waals surface area (Å²) < 4.78 is 32.9. The van der Waals surface area contributed by atoms with E-state index in [1.54, 1.807) is 24.3 Å². The van der Waals surface area contributed by atoms with Gasteiger partial charge in [-0.15, -0.1) is 5.10 Å². The summed E-state index contributed by atoms with van der Waals surface area (Å²) in [6.07, 6.45) is 0. The summed E-state index contributed by atoms with van der Waals surface area (Å²) in [6.45, 7) is 0. The van der Waals surface area contributed by atoms with E-state index in [9.17, 15) is 13.6 Å². The van der Waals surface area contributed by atoms with Gasteiger partial charge in [0, 0.05) is 16.7 Å². The Hall–Kier alpha value is -5.26. The van der Waals surface area contributed by atoms with Crippen molar-refractivity contribution in [2.75, 3.05) is 5.73 Å². The Morgan fingerprint density at radius 3 is 2.06 bits per heavy atom. The number of halogens is 2. The normalized spacial score (nSPS) is 10.7. The molecule has 0 aliphatic carbocycles. The number of nitrogen functional groups attached to an aromatic ring is 1. The molecule has 1 amide bonds. The fourth-order valence-corrected chi connectivity index (χ4v) is 3.45. The molecule has 10 nitrogen and oxygen atoms in total. The highest BCUT2D eigenvalue weighted by atomic mass is 19.1. The van der Waals surface area contributed by atoms with E-state index in [0.717, 1.165) is 0 Å². The number of nitrogens with zero attached hydrogens (tertiary/aromatic N) is 6. The Balaban J connectivity index is 1.55. The van der Waals surface area contributed by atoms with Gasteiger partial charge in [-0.3, -0.25) is 4.79 Å². The maximum atomic E-state index is 13.5. The number of carbonyl (C=O) groups excluding carboxylic acids is 1. The second-order valence-corrected chi connectivity index (χ2v) is 7.45. The molecule has 5 aromatic rings. The van der Waals surface area contributed by atoms with Gasteiger partial charge in [-0.25, -0.2) is 18.8 Å². The highest BCUT2D eigenvalue weighted by Gasteiger charge is 2.25. The first-order valence-corrected chi connectivity index (χ1v) is 10.5. The van der Waals surface area contributed by atoms with Crippen molar-refractivity contribution in [1.82, 2.24) is 30.7 Å². The van der Waals surface area contributed by atoms with Crippen LogP contribution in [0.15, 0.2) is 88.6 Å².